The summed E-state index contributed by atoms with van der Waals surface area (Å²) in [5, 5.41) is 11.7. The normalized spacial score (nSPS) is 12.8. The van der Waals surface area contributed by atoms with E-state index in [0.29, 0.717) is 17.4 Å². The third-order valence-corrected chi connectivity index (χ3v) is 11.6. The van der Waals surface area contributed by atoms with Crippen LogP contribution in [0, 0.1) is 0 Å². The number of hydrogen-bond donors (Lipinski definition) is 0. The second-order valence-corrected chi connectivity index (χ2v) is 18.8. The molecule has 0 saturated heterocycles. The van der Waals surface area contributed by atoms with Crippen molar-refractivity contribution >= 4 is 17.9 Å². The van der Waals surface area contributed by atoms with Crippen molar-refractivity contribution in [1.82, 2.24) is 0 Å². The molecule has 0 rings (SSSR count). The number of carboxylic acid groups (broad SMARTS) is 1. The van der Waals surface area contributed by atoms with Gasteiger partial charge in [0, 0.05) is 12.8 Å². The standard InChI is InChI=1S/C51H99NO8/c1-6-8-10-12-14-16-18-20-21-22-23-24-25-26-27-28-29-30-32-34-36-38-40-42-49(54)60-47(46-59-51(50(55)56)57-44-43-52(3,4)5)45-58-48(53)41-39-37-35-33-31-19-17-15-13-11-9-7-2/h47,51H,6-46H2,1-5H3. The Morgan fingerprint density at radius 3 is 1.07 bits per heavy atom. The maximum Gasteiger partial charge on any atom is 0.306 e. The highest BCUT2D eigenvalue weighted by molar-refractivity contribution is 5.70. The van der Waals surface area contributed by atoms with Crippen molar-refractivity contribution in [2.24, 2.45) is 0 Å². The van der Waals surface area contributed by atoms with Crippen LogP contribution in [0.1, 0.15) is 251 Å². The lowest BCUT2D eigenvalue weighted by atomic mass is 10.0. The molecular weight excluding hydrogens is 755 g/mol. The van der Waals surface area contributed by atoms with Crippen molar-refractivity contribution in [2.75, 3.05) is 47.5 Å². The first-order valence-corrected chi connectivity index (χ1v) is 25.7. The van der Waals surface area contributed by atoms with Gasteiger partial charge in [0.05, 0.1) is 40.3 Å². The summed E-state index contributed by atoms with van der Waals surface area (Å²) < 4.78 is 22.6. The van der Waals surface area contributed by atoms with Crippen LogP contribution in [0.15, 0.2) is 0 Å². The van der Waals surface area contributed by atoms with E-state index in [1.165, 1.54) is 186 Å². The van der Waals surface area contributed by atoms with Gasteiger partial charge < -0.3 is 33.3 Å². The minimum atomic E-state index is -1.61. The molecule has 0 heterocycles. The summed E-state index contributed by atoms with van der Waals surface area (Å²) in [5.41, 5.74) is 0. The summed E-state index contributed by atoms with van der Waals surface area (Å²) in [6.45, 7) is 4.78. The number of esters is 2. The molecule has 0 aromatic heterocycles. The number of hydrogen-bond acceptors (Lipinski definition) is 8. The number of carbonyl (C=O) groups is 3. The van der Waals surface area contributed by atoms with Gasteiger partial charge in [0.2, 0.25) is 0 Å². The number of likely N-dealkylation sites (N-methyl/N-ethyl adjacent to an activating group) is 1. The molecule has 2 atom stereocenters. The van der Waals surface area contributed by atoms with E-state index < -0.39 is 24.3 Å². The van der Waals surface area contributed by atoms with Crippen LogP contribution >= 0.6 is 0 Å². The number of nitrogens with zero attached hydrogens (tertiary/aromatic N) is 1. The minimum Gasteiger partial charge on any atom is -0.545 e. The topological polar surface area (TPSA) is 111 Å². The fourth-order valence-corrected chi connectivity index (χ4v) is 7.60. The number of quaternary nitrogens is 1. The predicted molar refractivity (Wildman–Crippen MR) is 247 cm³/mol. The molecule has 0 aliphatic heterocycles. The molecule has 0 aromatic rings. The van der Waals surface area contributed by atoms with Crippen molar-refractivity contribution in [2.45, 2.75) is 264 Å². The summed E-state index contributed by atoms with van der Waals surface area (Å²) in [5.74, 6) is -2.26. The Morgan fingerprint density at radius 1 is 0.433 bits per heavy atom. The smallest absolute Gasteiger partial charge is 0.306 e. The van der Waals surface area contributed by atoms with Crippen LogP contribution in [-0.2, 0) is 33.3 Å². The third-order valence-electron chi connectivity index (χ3n) is 11.6. The van der Waals surface area contributed by atoms with E-state index in [1.807, 2.05) is 21.1 Å². The summed E-state index contributed by atoms with van der Waals surface area (Å²) in [7, 11) is 5.92. The van der Waals surface area contributed by atoms with Gasteiger partial charge in [-0.15, -0.1) is 0 Å². The molecule has 0 aliphatic rings. The van der Waals surface area contributed by atoms with Gasteiger partial charge in [-0.3, -0.25) is 9.59 Å². The molecule has 0 amide bonds. The molecule has 0 bridgehead atoms. The molecular formula is C51H99NO8. The Balaban J connectivity index is 4.22. The van der Waals surface area contributed by atoms with Crippen molar-refractivity contribution in [3.05, 3.63) is 0 Å². The average molecular weight is 854 g/mol. The number of ether oxygens (including phenoxy) is 4. The van der Waals surface area contributed by atoms with Gasteiger partial charge in [0.15, 0.2) is 12.4 Å². The minimum absolute atomic E-state index is 0.153. The molecule has 0 aromatic carbocycles. The van der Waals surface area contributed by atoms with Gasteiger partial charge in [-0.25, -0.2) is 0 Å². The Kier molecular flexibility index (Phi) is 42.7. The Hall–Kier alpha value is -1.71. The number of aliphatic carboxylic acids is 1. The van der Waals surface area contributed by atoms with Crippen molar-refractivity contribution in [1.29, 1.82) is 0 Å². The average Bonchev–Trinajstić information content (AvgIpc) is 3.21. The quantitative estimate of drug-likeness (QED) is 0.0257. The van der Waals surface area contributed by atoms with E-state index >= 15 is 0 Å². The zero-order chi connectivity index (χ0) is 44.2. The number of rotatable bonds is 48. The van der Waals surface area contributed by atoms with E-state index in [0.717, 1.165) is 38.5 Å². The van der Waals surface area contributed by atoms with Crippen LogP contribution in [0.4, 0.5) is 0 Å². The Labute approximate surface area is 371 Å². The molecule has 0 saturated carbocycles. The first-order valence-electron chi connectivity index (χ1n) is 25.7. The molecule has 0 radical (unpaired) electrons. The van der Waals surface area contributed by atoms with E-state index in [4.69, 9.17) is 18.9 Å². The molecule has 0 aliphatic carbocycles. The van der Waals surface area contributed by atoms with Crippen LogP contribution in [0.5, 0.6) is 0 Å². The van der Waals surface area contributed by atoms with Gasteiger partial charge in [-0.05, 0) is 12.8 Å². The second-order valence-electron chi connectivity index (χ2n) is 18.8. The maximum atomic E-state index is 12.8. The van der Waals surface area contributed by atoms with Gasteiger partial charge in [-0.2, -0.15) is 0 Å². The molecule has 2 unspecified atom stereocenters. The molecule has 0 fully saturated rings. The number of carbonyl (C=O) groups excluding carboxylic acids is 3. The lowest BCUT2D eigenvalue weighted by Gasteiger charge is -2.26. The fourth-order valence-electron chi connectivity index (χ4n) is 7.60. The SMILES string of the molecule is CCCCCCCCCCCCCCCCCCCCCCCCCC(=O)OC(COC(=O)CCCCCCCCCCCCCC)COC(OCC[N+](C)(C)C)C(=O)[O-]. The van der Waals surface area contributed by atoms with Crippen molar-refractivity contribution in [3.8, 4) is 0 Å². The summed E-state index contributed by atoms with van der Waals surface area (Å²) >= 11 is 0. The first-order chi connectivity index (χ1) is 29.1. The fraction of sp³-hybridized carbons (Fsp3) is 0.941. The number of unbranched alkanes of at least 4 members (excludes halogenated alkanes) is 33. The highest BCUT2D eigenvalue weighted by Crippen LogP contribution is 2.17. The summed E-state index contributed by atoms with van der Waals surface area (Å²) in [4.78, 5) is 37.1. The third kappa shape index (κ3) is 44.3. The van der Waals surface area contributed by atoms with Gasteiger partial charge in [-0.1, -0.05) is 226 Å². The lowest BCUT2D eigenvalue weighted by Crippen LogP contribution is -2.44. The first kappa shape index (κ1) is 58.3. The molecule has 0 spiro atoms. The van der Waals surface area contributed by atoms with Crippen LogP contribution in [0.25, 0.3) is 0 Å². The molecule has 60 heavy (non-hydrogen) atoms. The van der Waals surface area contributed by atoms with Crippen molar-refractivity contribution in [3.63, 3.8) is 0 Å². The lowest BCUT2D eigenvalue weighted by molar-refractivity contribution is -0.870. The van der Waals surface area contributed by atoms with Gasteiger partial charge in [0.1, 0.15) is 13.2 Å². The molecule has 9 nitrogen and oxygen atoms in total. The van der Waals surface area contributed by atoms with E-state index in [9.17, 15) is 19.5 Å². The maximum absolute atomic E-state index is 12.8. The predicted octanol–water partition coefficient (Wildman–Crippen LogP) is 12.7. The second kappa shape index (κ2) is 43.9. The highest BCUT2D eigenvalue weighted by atomic mass is 16.7. The molecule has 0 N–H and O–H groups in total. The van der Waals surface area contributed by atoms with E-state index in [1.54, 1.807) is 0 Å². The van der Waals surface area contributed by atoms with Crippen LogP contribution in [-0.4, -0.2) is 82.3 Å². The zero-order valence-corrected chi connectivity index (χ0v) is 40.4. The van der Waals surface area contributed by atoms with Gasteiger partial charge >= 0.3 is 11.9 Å². The zero-order valence-electron chi connectivity index (χ0n) is 40.4. The Bertz CT molecular complexity index is 954. The largest absolute Gasteiger partial charge is 0.545 e. The van der Waals surface area contributed by atoms with Crippen LogP contribution in [0.2, 0.25) is 0 Å². The molecule has 9 heteroatoms. The monoisotopic (exact) mass is 854 g/mol. The van der Waals surface area contributed by atoms with E-state index in [-0.39, 0.29) is 32.2 Å². The Morgan fingerprint density at radius 2 is 0.750 bits per heavy atom. The van der Waals surface area contributed by atoms with Gasteiger partial charge in [0.25, 0.3) is 0 Å². The summed E-state index contributed by atoms with van der Waals surface area (Å²) in [6, 6.07) is 0. The molecule has 356 valence electrons. The van der Waals surface area contributed by atoms with Crippen molar-refractivity contribution < 1.29 is 42.9 Å². The van der Waals surface area contributed by atoms with E-state index in [2.05, 4.69) is 13.8 Å². The van der Waals surface area contributed by atoms with Crippen LogP contribution < -0.4 is 5.11 Å². The number of carboxylic acids is 1. The summed E-state index contributed by atoms with van der Waals surface area (Å²) in [6.07, 6.45) is 42.8. The highest BCUT2D eigenvalue weighted by Gasteiger charge is 2.22. The van der Waals surface area contributed by atoms with Crippen LogP contribution in [0.3, 0.4) is 0 Å².